The second-order valence-corrected chi connectivity index (χ2v) is 16.3. The van der Waals surface area contributed by atoms with Crippen LogP contribution < -0.4 is 19.9 Å². The van der Waals surface area contributed by atoms with Crippen molar-refractivity contribution >= 4 is 37.5 Å². The number of primary sulfonamides is 1. The van der Waals surface area contributed by atoms with E-state index in [9.17, 15) is 35.9 Å². The summed E-state index contributed by atoms with van der Waals surface area (Å²) >= 11 is 0.935. The van der Waals surface area contributed by atoms with Crippen LogP contribution in [0.4, 0.5) is 17.6 Å². The number of sulfonamides is 1. The van der Waals surface area contributed by atoms with Gasteiger partial charge >= 0.3 is 12.1 Å². The molecule has 0 spiro atoms. The number of carboxylic acid groups (broad SMARTS) is 1. The zero-order valence-corrected chi connectivity index (χ0v) is 31.6. The first kappa shape index (κ1) is 40.9. The molecule has 1 aliphatic rings. The summed E-state index contributed by atoms with van der Waals surface area (Å²) in [7, 11) is -3.97. The molecule has 1 aliphatic heterocycles. The van der Waals surface area contributed by atoms with Gasteiger partial charge in [0.1, 0.15) is 55.3 Å². The molecule has 1 saturated heterocycles. The number of hydrogen-bond donors (Lipinski definition) is 3. The van der Waals surface area contributed by atoms with Gasteiger partial charge in [0.15, 0.2) is 5.79 Å². The molecule has 5 aromatic rings. The fourth-order valence-electron chi connectivity index (χ4n) is 6.02. The minimum absolute atomic E-state index is 0.0221. The molecule has 3 aromatic carbocycles. The molecule has 0 bridgehead atoms. The number of fused-ring (bicyclic) bond motifs is 1. The Hall–Kier alpha value is -4.73. The molecule has 3 heterocycles. The van der Waals surface area contributed by atoms with Gasteiger partial charge in [0.25, 0.3) is 10.0 Å². The number of alkyl halides is 4. The largest absolute Gasteiger partial charge is 0.491 e. The Labute approximate surface area is 322 Å². The van der Waals surface area contributed by atoms with Crippen molar-refractivity contribution in [1.29, 1.82) is 0 Å². The van der Waals surface area contributed by atoms with Gasteiger partial charge in [-0.1, -0.05) is 29.5 Å². The smallest absolute Gasteiger partial charge is 0.416 e. The summed E-state index contributed by atoms with van der Waals surface area (Å²) in [6.45, 7) is 2.80. The second-order valence-electron chi connectivity index (χ2n) is 13.5. The van der Waals surface area contributed by atoms with Crippen LogP contribution in [0.2, 0.25) is 0 Å². The predicted molar refractivity (Wildman–Crippen MR) is 194 cm³/mol. The topological polar surface area (TPSA) is 190 Å². The fourth-order valence-corrected chi connectivity index (χ4v) is 7.65. The lowest BCUT2D eigenvalue weighted by Gasteiger charge is -2.22. The van der Waals surface area contributed by atoms with Gasteiger partial charge < -0.3 is 29.4 Å². The van der Waals surface area contributed by atoms with Gasteiger partial charge in [-0.2, -0.15) is 13.2 Å². The highest BCUT2D eigenvalue weighted by molar-refractivity contribution is 7.91. The Kier molecular flexibility index (Phi) is 12.3. The van der Waals surface area contributed by atoms with E-state index < -0.39 is 64.5 Å². The van der Waals surface area contributed by atoms with Gasteiger partial charge in [-0.15, -0.1) is 16.4 Å². The van der Waals surface area contributed by atoms with Crippen LogP contribution >= 0.6 is 11.3 Å². The van der Waals surface area contributed by atoms with Crippen molar-refractivity contribution in [3.8, 4) is 11.5 Å². The molecule has 2 aromatic heterocycles. The standard InChI is InChI=1S/C36H38F4N6O8S2/c1-35(2)53-30(16-37)31(54-35)20-52-26-9-5-21(6-10-26)13-25(17-42-29(33(47)48)14-22-3-7-23(8-4-22)36(38,39)40)46-18-24(44-45-46)19-51-27-11-12-32-28(15-27)43-34(55-32)56(41,49)50/h3-12,15,18,25,29-31,42H,13-14,16-17,19-20H2,1-2H3,(H,47,48)(H2,41,49,50)/t25?,29?,30-,31-/m0/s1. The molecular formula is C36H38F4N6O8S2. The Bertz CT molecular complexity index is 2230. The number of rotatable bonds is 17. The third-order valence-electron chi connectivity index (χ3n) is 8.77. The first-order valence-corrected chi connectivity index (χ1v) is 19.5. The summed E-state index contributed by atoms with van der Waals surface area (Å²) in [5.74, 6) is -1.22. The SMILES string of the molecule is CC1(C)O[C@@H](CF)[C@H](COc2ccc(CC(CNC(Cc3ccc(C(F)(F)F)cc3)C(=O)O)n3cc(COc4ccc5sc(S(N)(=O)=O)nc5c4)nn3)cc2)O1. The molecule has 1 fully saturated rings. The second kappa shape index (κ2) is 16.8. The van der Waals surface area contributed by atoms with Crippen molar-refractivity contribution < 1.29 is 54.8 Å². The lowest BCUT2D eigenvalue weighted by atomic mass is 10.0. The molecular weight excluding hydrogens is 785 g/mol. The Balaban J connectivity index is 1.15. The molecule has 2 unspecified atom stereocenters. The van der Waals surface area contributed by atoms with Crippen molar-refractivity contribution in [1.82, 2.24) is 25.3 Å². The minimum atomic E-state index is -4.52. The van der Waals surface area contributed by atoms with Crippen LogP contribution in [0.25, 0.3) is 10.2 Å². The summed E-state index contributed by atoms with van der Waals surface area (Å²) in [5.41, 5.74) is 1.20. The van der Waals surface area contributed by atoms with Crippen LogP contribution in [0.5, 0.6) is 11.5 Å². The maximum Gasteiger partial charge on any atom is 0.416 e. The molecule has 56 heavy (non-hydrogen) atoms. The molecule has 0 saturated carbocycles. The van der Waals surface area contributed by atoms with Crippen molar-refractivity contribution in [2.75, 3.05) is 19.8 Å². The van der Waals surface area contributed by atoms with Gasteiger partial charge in [0, 0.05) is 12.6 Å². The number of benzene rings is 3. The Morgan fingerprint density at radius 2 is 1.68 bits per heavy atom. The van der Waals surface area contributed by atoms with Crippen LogP contribution in [0.15, 0.2) is 77.3 Å². The molecule has 300 valence electrons. The molecule has 4 N–H and O–H groups in total. The molecule has 20 heteroatoms. The van der Waals surface area contributed by atoms with Gasteiger partial charge in [0.05, 0.1) is 28.0 Å². The van der Waals surface area contributed by atoms with E-state index in [-0.39, 0.29) is 30.5 Å². The van der Waals surface area contributed by atoms with Gasteiger partial charge in [-0.05, 0) is 74.2 Å². The van der Waals surface area contributed by atoms with Crippen molar-refractivity contribution in [3.63, 3.8) is 0 Å². The number of carboxylic acids is 1. The quantitative estimate of drug-likeness (QED) is 0.106. The first-order chi connectivity index (χ1) is 26.5. The average Bonchev–Trinajstić information content (AvgIpc) is 3.87. The number of halogens is 4. The Morgan fingerprint density at radius 3 is 2.34 bits per heavy atom. The highest BCUT2D eigenvalue weighted by Gasteiger charge is 2.41. The van der Waals surface area contributed by atoms with Gasteiger partial charge in [-0.3, -0.25) is 4.79 Å². The summed E-state index contributed by atoms with van der Waals surface area (Å²) in [6.07, 6.45) is -3.97. The normalized spacial score (nSPS) is 18.2. The summed E-state index contributed by atoms with van der Waals surface area (Å²) in [4.78, 5) is 16.3. The zero-order valence-electron chi connectivity index (χ0n) is 30.0. The van der Waals surface area contributed by atoms with Crippen LogP contribution in [0.3, 0.4) is 0 Å². The Morgan fingerprint density at radius 1 is 1.02 bits per heavy atom. The fraction of sp³-hybridized carbons (Fsp3) is 0.389. The van der Waals surface area contributed by atoms with Gasteiger partial charge in [-0.25, -0.2) is 27.6 Å². The van der Waals surface area contributed by atoms with Crippen molar-refractivity contribution in [2.24, 2.45) is 5.14 Å². The molecule has 14 nitrogen and oxygen atoms in total. The molecule has 4 atom stereocenters. The van der Waals surface area contributed by atoms with Crippen LogP contribution in [0.1, 0.15) is 42.3 Å². The van der Waals surface area contributed by atoms with E-state index in [0.29, 0.717) is 39.4 Å². The van der Waals surface area contributed by atoms with Crippen molar-refractivity contribution in [2.45, 2.75) is 73.9 Å². The van der Waals surface area contributed by atoms with Crippen LogP contribution in [-0.2, 0) is 49.9 Å². The summed E-state index contributed by atoms with van der Waals surface area (Å²) in [5, 5.41) is 26.8. The first-order valence-electron chi connectivity index (χ1n) is 17.2. The number of ether oxygens (including phenoxy) is 4. The number of aliphatic carboxylic acids is 1. The minimum Gasteiger partial charge on any atom is -0.491 e. The molecule has 6 rings (SSSR count). The van der Waals surface area contributed by atoms with Crippen molar-refractivity contribution in [3.05, 3.63) is 95.3 Å². The third-order valence-corrected chi connectivity index (χ3v) is 11.1. The molecule has 0 aliphatic carbocycles. The van der Waals surface area contributed by atoms with E-state index in [1.807, 2.05) is 12.1 Å². The van der Waals surface area contributed by atoms with E-state index in [1.165, 1.54) is 12.1 Å². The van der Waals surface area contributed by atoms with E-state index >= 15 is 0 Å². The predicted octanol–water partition coefficient (Wildman–Crippen LogP) is 5.07. The number of nitrogens with two attached hydrogens (primary N) is 1. The zero-order chi connectivity index (χ0) is 40.3. The van der Waals surface area contributed by atoms with Crippen LogP contribution in [0, 0.1) is 0 Å². The van der Waals surface area contributed by atoms with E-state index in [0.717, 1.165) is 29.0 Å². The van der Waals surface area contributed by atoms with E-state index in [4.69, 9.17) is 24.1 Å². The third kappa shape index (κ3) is 10.6. The summed E-state index contributed by atoms with van der Waals surface area (Å²) in [6, 6.07) is 14.7. The van der Waals surface area contributed by atoms with E-state index in [1.54, 1.807) is 55.1 Å². The van der Waals surface area contributed by atoms with Gasteiger partial charge in [0.2, 0.25) is 4.34 Å². The average molecular weight is 823 g/mol. The molecule has 0 radical (unpaired) electrons. The van der Waals surface area contributed by atoms with E-state index in [2.05, 4.69) is 20.6 Å². The maximum atomic E-state index is 13.5. The number of thiazole rings is 1. The monoisotopic (exact) mass is 822 g/mol. The highest BCUT2D eigenvalue weighted by atomic mass is 32.2. The van der Waals surface area contributed by atoms with Crippen LogP contribution in [-0.4, -0.2) is 83.3 Å². The lowest BCUT2D eigenvalue weighted by molar-refractivity contribution is -0.149. The number of nitrogens with one attached hydrogen (secondary N) is 1. The number of hydrogen-bond acceptors (Lipinski definition) is 12. The summed E-state index contributed by atoms with van der Waals surface area (Å²) < 4.78 is 101. The molecule has 0 amide bonds. The lowest BCUT2D eigenvalue weighted by Crippen LogP contribution is -2.42. The number of nitrogens with zero attached hydrogens (tertiary/aromatic N) is 4. The number of aromatic nitrogens is 4. The highest BCUT2D eigenvalue weighted by Crippen LogP contribution is 2.31. The number of carbonyl (C=O) groups is 1. The maximum absolute atomic E-state index is 13.5.